The topological polar surface area (TPSA) is 67.9 Å². The number of esters is 1. The van der Waals surface area contributed by atoms with Crippen LogP contribution in [0.25, 0.3) is 0 Å². The highest BCUT2D eigenvalue weighted by Crippen LogP contribution is 2.27. The number of hydrogen-bond acceptors (Lipinski definition) is 5. The summed E-state index contributed by atoms with van der Waals surface area (Å²) in [6, 6.07) is 10.6. The molecule has 8 heteroatoms. The number of amides is 1. The number of anilines is 2. The molecule has 2 aromatic carbocycles. The minimum Gasteiger partial charge on any atom is -0.465 e. The molecule has 1 fully saturated rings. The van der Waals surface area contributed by atoms with Gasteiger partial charge in [0.2, 0.25) is 5.91 Å². The number of carbonyl (C=O) groups is 2. The molecular weight excluding hydrogens is 427 g/mol. The quantitative estimate of drug-likeness (QED) is 0.659. The summed E-state index contributed by atoms with van der Waals surface area (Å²) in [6.45, 7) is 4.56. The molecule has 0 radical (unpaired) electrons. The Morgan fingerprint density at radius 2 is 1.90 bits per heavy atom. The van der Waals surface area contributed by atoms with Gasteiger partial charge in [0.15, 0.2) is 0 Å². The Morgan fingerprint density at radius 3 is 2.57 bits per heavy atom. The summed E-state index contributed by atoms with van der Waals surface area (Å²) < 4.78 is 10.3. The van der Waals surface area contributed by atoms with E-state index < -0.39 is 5.97 Å². The van der Waals surface area contributed by atoms with Gasteiger partial charge in [0, 0.05) is 34.7 Å². The van der Waals surface area contributed by atoms with E-state index in [0.29, 0.717) is 40.9 Å². The lowest BCUT2D eigenvalue weighted by molar-refractivity contribution is -0.119. The molecular formula is C22H24Cl2N2O4. The maximum absolute atomic E-state index is 12.8. The predicted molar refractivity (Wildman–Crippen MR) is 119 cm³/mol. The number of hydrogen-bond donors (Lipinski definition) is 1. The number of morpholine rings is 1. The van der Waals surface area contributed by atoms with E-state index in [1.807, 2.05) is 12.1 Å². The monoisotopic (exact) mass is 450 g/mol. The van der Waals surface area contributed by atoms with Crippen molar-refractivity contribution in [1.29, 1.82) is 0 Å². The lowest BCUT2D eigenvalue weighted by Gasteiger charge is -2.29. The van der Waals surface area contributed by atoms with Gasteiger partial charge >= 0.3 is 5.97 Å². The highest BCUT2D eigenvalue weighted by atomic mass is 35.5. The van der Waals surface area contributed by atoms with E-state index in [1.54, 1.807) is 31.2 Å². The molecule has 3 rings (SSSR count). The van der Waals surface area contributed by atoms with Crippen LogP contribution in [0.2, 0.25) is 10.0 Å². The van der Waals surface area contributed by atoms with Gasteiger partial charge in [0.25, 0.3) is 0 Å². The van der Waals surface area contributed by atoms with Crippen LogP contribution in [0.5, 0.6) is 0 Å². The second-order valence-corrected chi connectivity index (χ2v) is 7.99. The Hall–Kier alpha value is -2.28. The molecule has 0 aromatic heterocycles. The molecule has 1 saturated heterocycles. The highest BCUT2D eigenvalue weighted by molar-refractivity contribution is 6.35. The van der Waals surface area contributed by atoms with Crippen LogP contribution in [0, 0.1) is 5.92 Å². The van der Waals surface area contributed by atoms with Gasteiger partial charge in [0.05, 0.1) is 31.6 Å². The third-order valence-corrected chi connectivity index (χ3v) is 5.62. The fourth-order valence-electron chi connectivity index (χ4n) is 3.30. The minimum absolute atomic E-state index is 0.217. The molecule has 0 spiro atoms. The number of ether oxygens (including phenoxy) is 2. The van der Waals surface area contributed by atoms with Crippen molar-refractivity contribution in [1.82, 2.24) is 0 Å². The van der Waals surface area contributed by atoms with E-state index in [2.05, 4.69) is 10.2 Å². The molecule has 0 bridgehead atoms. The zero-order valence-electron chi connectivity index (χ0n) is 16.9. The first-order valence-electron chi connectivity index (χ1n) is 9.69. The second kappa shape index (κ2) is 10.2. The number of halogens is 2. The Balaban J connectivity index is 1.76. The Morgan fingerprint density at radius 1 is 1.17 bits per heavy atom. The third-order valence-electron chi connectivity index (χ3n) is 5.03. The predicted octanol–water partition coefficient (Wildman–Crippen LogP) is 4.43. The van der Waals surface area contributed by atoms with Gasteiger partial charge in [0.1, 0.15) is 0 Å². The zero-order valence-corrected chi connectivity index (χ0v) is 18.4. The van der Waals surface area contributed by atoms with E-state index in [-0.39, 0.29) is 11.8 Å². The van der Waals surface area contributed by atoms with E-state index in [1.165, 1.54) is 7.11 Å². The average molecular weight is 451 g/mol. The minimum atomic E-state index is -0.506. The van der Waals surface area contributed by atoms with Crippen LogP contribution in [0.1, 0.15) is 22.8 Å². The van der Waals surface area contributed by atoms with Crippen LogP contribution >= 0.6 is 23.2 Å². The van der Waals surface area contributed by atoms with E-state index >= 15 is 0 Å². The number of benzene rings is 2. The van der Waals surface area contributed by atoms with Crippen molar-refractivity contribution in [3.63, 3.8) is 0 Å². The van der Waals surface area contributed by atoms with Crippen molar-refractivity contribution < 1.29 is 19.1 Å². The largest absolute Gasteiger partial charge is 0.465 e. The first kappa shape index (κ1) is 22.4. The van der Waals surface area contributed by atoms with Crippen LogP contribution < -0.4 is 10.2 Å². The molecule has 2 aromatic rings. The summed E-state index contributed by atoms with van der Waals surface area (Å²) in [7, 11) is 1.32. The molecule has 1 aliphatic heterocycles. The van der Waals surface area contributed by atoms with Gasteiger partial charge in [-0.1, -0.05) is 36.2 Å². The van der Waals surface area contributed by atoms with Crippen LogP contribution in [-0.2, 0) is 20.7 Å². The SMILES string of the molecule is COC(=O)c1cc(N2CCOCC2)ccc1NC(=O)C(C)Cc1ccc(Cl)cc1Cl. The van der Waals surface area contributed by atoms with Gasteiger partial charge in [-0.3, -0.25) is 4.79 Å². The summed E-state index contributed by atoms with van der Waals surface area (Å²) in [5, 5.41) is 3.92. The summed E-state index contributed by atoms with van der Waals surface area (Å²) in [5.74, 6) is -1.09. The summed E-state index contributed by atoms with van der Waals surface area (Å²) in [6.07, 6.45) is 0.446. The maximum atomic E-state index is 12.8. The zero-order chi connectivity index (χ0) is 21.7. The van der Waals surface area contributed by atoms with Crippen molar-refractivity contribution in [3.8, 4) is 0 Å². The second-order valence-electron chi connectivity index (χ2n) is 7.15. The standard InChI is InChI=1S/C22H24Cl2N2O4/c1-14(11-15-3-4-16(23)12-19(15)24)21(27)25-20-6-5-17(13-18(20)22(28)29-2)26-7-9-30-10-8-26/h3-6,12-14H,7-11H2,1-2H3,(H,25,27). The molecule has 1 aliphatic rings. The number of nitrogens with one attached hydrogen (secondary N) is 1. The van der Waals surface area contributed by atoms with Crippen LogP contribution in [0.3, 0.4) is 0 Å². The van der Waals surface area contributed by atoms with Crippen LogP contribution in [0.15, 0.2) is 36.4 Å². The van der Waals surface area contributed by atoms with Crippen molar-refractivity contribution in [2.24, 2.45) is 5.92 Å². The third kappa shape index (κ3) is 5.45. The number of nitrogens with zero attached hydrogens (tertiary/aromatic N) is 1. The summed E-state index contributed by atoms with van der Waals surface area (Å²) >= 11 is 12.2. The first-order chi connectivity index (χ1) is 14.4. The van der Waals surface area contributed by atoms with Crippen LogP contribution in [0.4, 0.5) is 11.4 Å². The van der Waals surface area contributed by atoms with Crippen LogP contribution in [-0.4, -0.2) is 45.3 Å². The Labute approximate surface area is 186 Å². The Bertz CT molecular complexity index is 929. The van der Waals surface area contributed by atoms with Crippen molar-refractivity contribution in [2.45, 2.75) is 13.3 Å². The van der Waals surface area contributed by atoms with E-state index in [0.717, 1.165) is 24.3 Å². The van der Waals surface area contributed by atoms with E-state index in [4.69, 9.17) is 32.7 Å². The lowest BCUT2D eigenvalue weighted by Crippen LogP contribution is -2.36. The van der Waals surface area contributed by atoms with Crippen molar-refractivity contribution in [3.05, 3.63) is 57.6 Å². The summed E-state index contributed by atoms with van der Waals surface area (Å²) in [5.41, 5.74) is 2.45. The van der Waals surface area contributed by atoms with Gasteiger partial charge in [-0.25, -0.2) is 4.79 Å². The molecule has 1 amide bonds. The van der Waals surface area contributed by atoms with E-state index in [9.17, 15) is 9.59 Å². The summed E-state index contributed by atoms with van der Waals surface area (Å²) in [4.78, 5) is 27.3. The van der Waals surface area contributed by atoms with Gasteiger partial charge in [-0.15, -0.1) is 0 Å². The first-order valence-corrected chi connectivity index (χ1v) is 10.4. The molecule has 0 aliphatic carbocycles. The van der Waals surface area contributed by atoms with Gasteiger partial charge in [-0.05, 0) is 42.3 Å². The molecule has 160 valence electrons. The maximum Gasteiger partial charge on any atom is 0.340 e. The Kier molecular flexibility index (Phi) is 7.58. The molecule has 1 heterocycles. The smallest absolute Gasteiger partial charge is 0.340 e. The molecule has 30 heavy (non-hydrogen) atoms. The average Bonchev–Trinajstić information content (AvgIpc) is 2.75. The van der Waals surface area contributed by atoms with Crippen molar-refractivity contribution in [2.75, 3.05) is 43.6 Å². The molecule has 0 saturated carbocycles. The van der Waals surface area contributed by atoms with Crippen molar-refractivity contribution >= 4 is 46.5 Å². The molecule has 1 N–H and O–H groups in total. The van der Waals surface area contributed by atoms with Gasteiger partial charge in [-0.2, -0.15) is 0 Å². The molecule has 1 atom stereocenters. The number of rotatable bonds is 6. The fourth-order valence-corrected chi connectivity index (χ4v) is 3.79. The number of methoxy groups -OCH3 is 1. The fraction of sp³-hybridized carbons (Fsp3) is 0.364. The number of carbonyl (C=O) groups excluding carboxylic acids is 2. The molecule has 1 unspecified atom stereocenters. The lowest BCUT2D eigenvalue weighted by atomic mass is 10.00. The van der Waals surface area contributed by atoms with Gasteiger partial charge < -0.3 is 19.7 Å². The normalized spacial score (nSPS) is 14.9. The highest BCUT2D eigenvalue weighted by Gasteiger charge is 2.21. The molecule has 6 nitrogen and oxygen atoms in total.